The second kappa shape index (κ2) is 6.86. The minimum absolute atomic E-state index is 0.476. The molecule has 4 nitrogen and oxygen atoms in total. The summed E-state index contributed by atoms with van der Waals surface area (Å²) in [5, 5.41) is 15.0. The number of methoxy groups -OCH3 is 1. The molecule has 0 radical (unpaired) electrons. The molecule has 1 atom stereocenters. The van der Waals surface area contributed by atoms with Crippen molar-refractivity contribution in [2.75, 3.05) is 7.11 Å². The lowest BCUT2D eigenvalue weighted by Gasteiger charge is -2.35. The van der Waals surface area contributed by atoms with Crippen LogP contribution in [-0.2, 0) is 17.7 Å². The van der Waals surface area contributed by atoms with Crippen LogP contribution in [-0.4, -0.2) is 33.7 Å². The lowest BCUT2D eigenvalue weighted by Crippen LogP contribution is -2.44. The number of rotatable bonds is 7. The van der Waals surface area contributed by atoms with E-state index in [9.17, 15) is 5.11 Å². The van der Waals surface area contributed by atoms with Gasteiger partial charge in [0.15, 0.2) is 0 Å². The fourth-order valence-electron chi connectivity index (χ4n) is 2.58. The van der Waals surface area contributed by atoms with E-state index in [0.29, 0.717) is 6.42 Å². The van der Waals surface area contributed by atoms with Gasteiger partial charge in [0.25, 0.3) is 0 Å². The minimum Gasteiger partial charge on any atom is -0.390 e. The SMILES string of the molecule is CCn1nc(C)c(Br)c1CC(O)C(CC)(CC)OC. The Morgan fingerprint density at radius 1 is 1.37 bits per heavy atom. The molecule has 0 aliphatic heterocycles. The number of hydrogen-bond acceptors (Lipinski definition) is 3. The summed E-state index contributed by atoms with van der Waals surface area (Å²) in [5.41, 5.74) is 1.52. The van der Waals surface area contributed by atoms with Crippen LogP contribution >= 0.6 is 15.9 Å². The molecule has 110 valence electrons. The fraction of sp³-hybridized carbons (Fsp3) is 0.786. The predicted molar refractivity (Wildman–Crippen MR) is 80.4 cm³/mol. The number of aryl methyl sites for hydroxylation is 2. The Bertz CT molecular complexity index is 406. The van der Waals surface area contributed by atoms with Crippen molar-refractivity contribution in [1.82, 2.24) is 9.78 Å². The van der Waals surface area contributed by atoms with Crippen molar-refractivity contribution < 1.29 is 9.84 Å². The number of aromatic nitrogens is 2. The van der Waals surface area contributed by atoms with Crippen LogP contribution in [0.3, 0.4) is 0 Å². The number of aliphatic hydroxyl groups excluding tert-OH is 1. The zero-order valence-corrected chi connectivity index (χ0v) is 14.1. The molecule has 0 aliphatic carbocycles. The maximum absolute atomic E-state index is 10.6. The smallest absolute Gasteiger partial charge is 0.0935 e. The van der Waals surface area contributed by atoms with E-state index in [2.05, 4.69) is 28.0 Å². The summed E-state index contributed by atoms with van der Waals surface area (Å²) >= 11 is 3.57. The summed E-state index contributed by atoms with van der Waals surface area (Å²) in [4.78, 5) is 0. The van der Waals surface area contributed by atoms with Gasteiger partial charge in [-0.15, -0.1) is 0 Å². The summed E-state index contributed by atoms with van der Waals surface area (Å²) in [5.74, 6) is 0. The van der Waals surface area contributed by atoms with E-state index in [1.54, 1.807) is 7.11 Å². The van der Waals surface area contributed by atoms with Crippen LogP contribution in [0.15, 0.2) is 4.47 Å². The molecular formula is C14H25BrN2O2. The van der Waals surface area contributed by atoms with Gasteiger partial charge in [0.2, 0.25) is 0 Å². The van der Waals surface area contributed by atoms with Crippen molar-refractivity contribution in [3.05, 3.63) is 15.9 Å². The van der Waals surface area contributed by atoms with Crippen molar-refractivity contribution in [1.29, 1.82) is 0 Å². The largest absolute Gasteiger partial charge is 0.390 e. The lowest BCUT2D eigenvalue weighted by molar-refractivity contribution is -0.107. The quantitative estimate of drug-likeness (QED) is 0.834. The molecule has 1 heterocycles. The lowest BCUT2D eigenvalue weighted by atomic mass is 9.87. The third-order valence-electron chi connectivity index (χ3n) is 4.05. The second-order valence-corrected chi connectivity index (χ2v) is 5.65. The molecule has 1 rings (SSSR count). The van der Waals surface area contributed by atoms with E-state index in [1.165, 1.54) is 0 Å². The van der Waals surface area contributed by atoms with Gasteiger partial charge in [-0.25, -0.2) is 0 Å². The van der Waals surface area contributed by atoms with Crippen molar-refractivity contribution >= 4 is 15.9 Å². The molecule has 1 aromatic rings. The Kier molecular flexibility index (Phi) is 6.02. The van der Waals surface area contributed by atoms with E-state index < -0.39 is 11.7 Å². The van der Waals surface area contributed by atoms with Crippen molar-refractivity contribution in [3.8, 4) is 0 Å². The van der Waals surface area contributed by atoms with Crippen LogP contribution in [0.4, 0.5) is 0 Å². The highest BCUT2D eigenvalue weighted by atomic mass is 79.9. The van der Waals surface area contributed by atoms with Crippen LogP contribution in [0, 0.1) is 6.92 Å². The Labute approximate surface area is 124 Å². The second-order valence-electron chi connectivity index (χ2n) is 4.86. The third kappa shape index (κ3) is 3.20. The van der Waals surface area contributed by atoms with E-state index in [1.807, 2.05) is 25.5 Å². The summed E-state index contributed by atoms with van der Waals surface area (Å²) in [6, 6.07) is 0. The maximum Gasteiger partial charge on any atom is 0.0935 e. The van der Waals surface area contributed by atoms with Gasteiger partial charge in [0.1, 0.15) is 0 Å². The van der Waals surface area contributed by atoms with Gasteiger partial charge in [-0.1, -0.05) is 13.8 Å². The molecule has 1 N–H and O–H groups in total. The first-order valence-electron chi connectivity index (χ1n) is 6.90. The summed E-state index contributed by atoms with van der Waals surface area (Å²) in [6.45, 7) is 8.92. The van der Waals surface area contributed by atoms with Crippen LogP contribution in [0.1, 0.15) is 45.0 Å². The Morgan fingerprint density at radius 2 is 1.95 bits per heavy atom. The minimum atomic E-state index is -0.537. The first-order valence-corrected chi connectivity index (χ1v) is 7.69. The summed E-state index contributed by atoms with van der Waals surface area (Å²) in [6.07, 6.45) is 1.59. The molecule has 19 heavy (non-hydrogen) atoms. The van der Waals surface area contributed by atoms with Crippen molar-refractivity contribution in [2.45, 2.75) is 65.2 Å². The van der Waals surface area contributed by atoms with E-state index in [0.717, 1.165) is 35.2 Å². The number of hydrogen-bond donors (Lipinski definition) is 1. The normalized spacial score (nSPS) is 13.8. The Balaban J connectivity index is 3.01. The van der Waals surface area contributed by atoms with Gasteiger partial charge in [-0.2, -0.15) is 5.10 Å². The average molecular weight is 333 g/mol. The van der Waals surface area contributed by atoms with Crippen LogP contribution in [0.2, 0.25) is 0 Å². The number of aliphatic hydroxyl groups is 1. The van der Waals surface area contributed by atoms with E-state index in [-0.39, 0.29) is 0 Å². The predicted octanol–water partition coefficient (Wildman–Crippen LogP) is 3.08. The average Bonchev–Trinajstić information content (AvgIpc) is 2.69. The van der Waals surface area contributed by atoms with Crippen LogP contribution in [0.25, 0.3) is 0 Å². The first kappa shape index (κ1) is 16.7. The molecule has 1 unspecified atom stereocenters. The zero-order valence-electron chi connectivity index (χ0n) is 12.5. The van der Waals surface area contributed by atoms with Gasteiger partial charge in [0.05, 0.1) is 27.6 Å². The third-order valence-corrected chi connectivity index (χ3v) is 5.08. The van der Waals surface area contributed by atoms with E-state index >= 15 is 0 Å². The van der Waals surface area contributed by atoms with Gasteiger partial charge in [-0.05, 0) is 42.6 Å². The summed E-state index contributed by atoms with van der Waals surface area (Å²) in [7, 11) is 1.67. The monoisotopic (exact) mass is 332 g/mol. The highest BCUT2D eigenvalue weighted by Crippen LogP contribution is 2.29. The fourth-order valence-corrected chi connectivity index (χ4v) is 3.02. The molecule has 0 fully saturated rings. The molecule has 5 heteroatoms. The molecule has 0 aliphatic rings. The van der Waals surface area contributed by atoms with Gasteiger partial charge < -0.3 is 9.84 Å². The Morgan fingerprint density at radius 3 is 2.37 bits per heavy atom. The number of halogens is 1. The molecule has 0 amide bonds. The van der Waals surface area contributed by atoms with Crippen molar-refractivity contribution in [2.24, 2.45) is 0 Å². The number of ether oxygens (including phenoxy) is 1. The standard InChI is InChI=1S/C14H25BrN2O2/c1-6-14(7-2,19-5)12(18)9-11-13(15)10(4)16-17(11)8-3/h12,18H,6-9H2,1-5H3. The molecule has 0 spiro atoms. The van der Waals surface area contributed by atoms with Crippen LogP contribution in [0.5, 0.6) is 0 Å². The van der Waals surface area contributed by atoms with Gasteiger partial charge >= 0.3 is 0 Å². The van der Waals surface area contributed by atoms with Gasteiger partial charge in [0, 0.05) is 20.1 Å². The first-order chi connectivity index (χ1) is 8.95. The highest BCUT2D eigenvalue weighted by Gasteiger charge is 2.35. The van der Waals surface area contributed by atoms with E-state index in [4.69, 9.17) is 4.74 Å². The summed E-state index contributed by atoms with van der Waals surface area (Å²) < 4.78 is 8.53. The topological polar surface area (TPSA) is 47.3 Å². The molecule has 1 aromatic heterocycles. The zero-order chi connectivity index (χ0) is 14.6. The molecule has 0 saturated carbocycles. The van der Waals surface area contributed by atoms with Crippen molar-refractivity contribution in [3.63, 3.8) is 0 Å². The molecular weight excluding hydrogens is 308 g/mol. The molecule has 0 bridgehead atoms. The number of nitrogens with zero attached hydrogens (tertiary/aromatic N) is 2. The Hall–Kier alpha value is -0.390. The maximum atomic E-state index is 10.6. The van der Waals surface area contributed by atoms with Gasteiger partial charge in [-0.3, -0.25) is 4.68 Å². The molecule has 0 saturated heterocycles. The van der Waals surface area contributed by atoms with Crippen LogP contribution < -0.4 is 0 Å². The molecule has 0 aromatic carbocycles. The highest BCUT2D eigenvalue weighted by molar-refractivity contribution is 9.10.